The summed E-state index contributed by atoms with van der Waals surface area (Å²) in [4.78, 5) is 47.3. The molecule has 10 nitrogen and oxygen atoms in total. The normalized spacial score (nSPS) is 16.2. The van der Waals surface area contributed by atoms with Gasteiger partial charge in [0.2, 0.25) is 5.88 Å². The number of carbonyl (C=O) groups is 3. The number of esters is 1. The fourth-order valence-corrected chi connectivity index (χ4v) is 6.03. The Hall–Kier alpha value is -4.89. The van der Waals surface area contributed by atoms with Gasteiger partial charge in [-0.05, 0) is 93.7 Å². The van der Waals surface area contributed by atoms with Crippen molar-refractivity contribution in [2.45, 2.75) is 57.4 Å². The summed E-state index contributed by atoms with van der Waals surface area (Å²) in [5.74, 6) is -3.97. The maximum atomic E-state index is 14.3. The lowest BCUT2D eigenvalue weighted by Crippen LogP contribution is -2.44. The van der Waals surface area contributed by atoms with Crippen LogP contribution in [-0.4, -0.2) is 65.0 Å². The van der Waals surface area contributed by atoms with Crippen molar-refractivity contribution >= 4 is 29.1 Å². The van der Waals surface area contributed by atoms with Crippen LogP contribution >= 0.6 is 11.3 Å². The smallest absolute Gasteiger partial charge is 0.438 e. The zero-order chi connectivity index (χ0) is 35.3. The Morgan fingerprint density at radius 1 is 0.959 bits per heavy atom. The van der Waals surface area contributed by atoms with Crippen LogP contribution < -0.4 is 20.1 Å². The first-order valence-corrected chi connectivity index (χ1v) is 16.2. The number of ether oxygens (including phenoxy) is 2. The molecule has 2 amide bonds. The van der Waals surface area contributed by atoms with Crippen molar-refractivity contribution in [1.82, 2.24) is 25.5 Å². The number of amides is 2. The summed E-state index contributed by atoms with van der Waals surface area (Å²) >= 11 is 1.40. The number of rotatable bonds is 10. The van der Waals surface area contributed by atoms with E-state index >= 15 is 0 Å². The van der Waals surface area contributed by atoms with E-state index in [1.165, 1.54) is 29.5 Å². The van der Waals surface area contributed by atoms with Crippen molar-refractivity contribution in [3.05, 3.63) is 87.8 Å². The van der Waals surface area contributed by atoms with Gasteiger partial charge in [0.25, 0.3) is 11.8 Å². The van der Waals surface area contributed by atoms with Gasteiger partial charge in [-0.1, -0.05) is 18.2 Å². The van der Waals surface area contributed by atoms with Crippen LogP contribution in [0, 0.1) is 12.7 Å². The Labute approximate surface area is 283 Å². The second-order valence-electron chi connectivity index (χ2n) is 11.8. The van der Waals surface area contributed by atoms with Crippen LogP contribution in [0.2, 0.25) is 0 Å². The molecule has 0 saturated heterocycles. The number of hydrogen-bond acceptors (Lipinski definition) is 9. The Morgan fingerprint density at radius 2 is 1.65 bits per heavy atom. The predicted octanol–water partition coefficient (Wildman–Crippen LogP) is 6.45. The van der Waals surface area contributed by atoms with Crippen LogP contribution in [0.25, 0.3) is 11.1 Å². The summed E-state index contributed by atoms with van der Waals surface area (Å²) in [7, 11) is 3.55. The lowest BCUT2D eigenvalue weighted by Gasteiger charge is -2.29. The first-order chi connectivity index (χ1) is 23.2. The van der Waals surface area contributed by atoms with Crippen LogP contribution in [0.15, 0.2) is 60.1 Å². The third-order valence-electron chi connectivity index (χ3n) is 7.68. The van der Waals surface area contributed by atoms with Gasteiger partial charge in [0, 0.05) is 24.0 Å². The highest BCUT2D eigenvalue weighted by Crippen LogP contribution is 2.33. The van der Waals surface area contributed by atoms with Crippen LogP contribution in [0.3, 0.4) is 0 Å². The monoisotopic (exact) mass is 699 g/mol. The van der Waals surface area contributed by atoms with Gasteiger partial charge in [0.05, 0.1) is 11.2 Å². The highest BCUT2D eigenvalue weighted by atomic mass is 32.1. The van der Waals surface area contributed by atoms with Gasteiger partial charge in [-0.25, -0.2) is 19.2 Å². The van der Waals surface area contributed by atoms with E-state index in [1.54, 1.807) is 48.6 Å². The van der Waals surface area contributed by atoms with E-state index in [-0.39, 0.29) is 40.9 Å². The molecule has 0 spiro atoms. The summed E-state index contributed by atoms with van der Waals surface area (Å²) in [6.45, 7) is 2.14. The number of hydrogen-bond donors (Lipinski definition) is 2. The number of thiazole rings is 1. The van der Waals surface area contributed by atoms with Crippen LogP contribution in [-0.2, 0) is 11.3 Å². The van der Waals surface area contributed by atoms with Crippen molar-refractivity contribution in [2.24, 2.45) is 0 Å². The molecule has 5 rings (SSSR count). The van der Waals surface area contributed by atoms with E-state index in [2.05, 4.69) is 25.3 Å². The van der Waals surface area contributed by atoms with Gasteiger partial charge in [0.1, 0.15) is 28.6 Å². The molecule has 1 saturated carbocycles. The van der Waals surface area contributed by atoms with Crippen LogP contribution in [0.4, 0.5) is 17.6 Å². The number of nitrogens with zero attached hydrogens (tertiary/aromatic N) is 3. The van der Waals surface area contributed by atoms with Gasteiger partial charge >= 0.3 is 12.1 Å². The maximum absolute atomic E-state index is 14.3. The zero-order valence-electron chi connectivity index (χ0n) is 26.8. The molecule has 1 aliphatic carbocycles. The number of carbonyl (C=O) groups excluding carboxylic acids is 3. The molecule has 1 aliphatic rings. The molecule has 4 aromatic rings. The van der Waals surface area contributed by atoms with Crippen LogP contribution in [0.5, 0.6) is 17.4 Å². The van der Waals surface area contributed by atoms with E-state index in [4.69, 9.17) is 4.74 Å². The van der Waals surface area contributed by atoms with Crippen molar-refractivity contribution in [2.75, 3.05) is 14.1 Å². The van der Waals surface area contributed by atoms with Gasteiger partial charge in [0.15, 0.2) is 0 Å². The third kappa shape index (κ3) is 9.38. The molecule has 2 N–H and O–H groups in total. The minimum absolute atomic E-state index is 0.0611. The molecule has 0 aliphatic heterocycles. The molecule has 2 heterocycles. The lowest BCUT2D eigenvalue weighted by molar-refractivity contribution is -0.189. The van der Waals surface area contributed by atoms with E-state index in [9.17, 15) is 31.9 Å². The molecule has 1 fully saturated rings. The number of aromatic nitrogens is 2. The first-order valence-electron chi connectivity index (χ1n) is 15.3. The van der Waals surface area contributed by atoms with Crippen molar-refractivity contribution < 1.29 is 41.4 Å². The number of aryl methyl sites for hydroxylation is 1. The second kappa shape index (κ2) is 15.1. The average molecular weight is 700 g/mol. The fraction of sp³-hybridized carbons (Fsp3) is 0.324. The third-order valence-corrected chi connectivity index (χ3v) is 8.45. The van der Waals surface area contributed by atoms with Gasteiger partial charge in [-0.15, -0.1) is 11.3 Å². The molecule has 0 unspecified atom stereocenters. The highest BCUT2D eigenvalue weighted by Gasteiger charge is 2.41. The lowest BCUT2D eigenvalue weighted by atomic mass is 9.91. The van der Waals surface area contributed by atoms with E-state index in [1.807, 2.05) is 6.92 Å². The highest BCUT2D eigenvalue weighted by molar-refractivity contribution is 7.09. The summed E-state index contributed by atoms with van der Waals surface area (Å²) in [5, 5.41) is 8.44. The molecular formula is C34H33F4N5O5S. The van der Waals surface area contributed by atoms with Crippen molar-refractivity contribution in [3.8, 4) is 28.5 Å². The molecule has 258 valence electrons. The minimum atomic E-state index is -5.14. The van der Waals surface area contributed by atoms with Gasteiger partial charge < -0.3 is 25.0 Å². The summed E-state index contributed by atoms with van der Waals surface area (Å²) in [6.07, 6.45) is -1.74. The summed E-state index contributed by atoms with van der Waals surface area (Å²) in [5.41, 5.74) is 2.09. The van der Waals surface area contributed by atoms with E-state index in [0.717, 1.165) is 17.3 Å². The Bertz CT molecular complexity index is 1840. The summed E-state index contributed by atoms with van der Waals surface area (Å²) in [6, 6.07) is 11.6. The number of benzene rings is 2. The minimum Gasteiger partial charge on any atom is -0.438 e. The topological polar surface area (TPSA) is 123 Å². The Kier molecular flexibility index (Phi) is 10.9. The number of halogens is 4. The quantitative estimate of drug-likeness (QED) is 0.110. The molecule has 0 atom stereocenters. The largest absolute Gasteiger partial charge is 0.491 e. The first kappa shape index (κ1) is 35.4. The van der Waals surface area contributed by atoms with Crippen molar-refractivity contribution in [1.29, 1.82) is 0 Å². The van der Waals surface area contributed by atoms with Gasteiger partial charge in [-0.3, -0.25) is 9.59 Å². The Morgan fingerprint density at radius 3 is 2.29 bits per heavy atom. The molecule has 0 bridgehead atoms. The average Bonchev–Trinajstić information content (AvgIpc) is 3.49. The van der Waals surface area contributed by atoms with Crippen LogP contribution in [0.1, 0.15) is 57.1 Å². The number of alkyl halides is 3. The predicted molar refractivity (Wildman–Crippen MR) is 173 cm³/mol. The molecule has 0 radical (unpaired) electrons. The number of nitrogens with one attached hydrogen (secondary N) is 2. The second-order valence-corrected chi connectivity index (χ2v) is 12.9. The van der Waals surface area contributed by atoms with Gasteiger partial charge in [-0.2, -0.15) is 13.2 Å². The standard InChI is InChI=1S/C34H33F4N5O5S/c1-19-40-29(18-49-19)31(45)42-24-9-7-23(8-10-24)41-30(44)28-15-22(35)16-39-32(28)47-25-6-4-5-20(13-25)27-12-11-26(14-21(27)17-43(2)3)48-33(46)34(36,37)38/h4-6,11-16,18,23-24H,7-10,17H2,1-3H3,(H,41,44)(H,42,45)/t23-,24-. The molecule has 49 heavy (non-hydrogen) atoms. The molecule has 15 heteroatoms. The summed E-state index contributed by atoms with van der Waals surface area (Å²) < 4.78 is 63.1. The van der Waals surface area contributed by atoms with E-state index in [0.29, 0.717) is 54.6 Å². The SMILES string of the molecule is Cc1nc(C(=O)N[C@H]2CC[C@H](NC(=O)c3cc(F)cnc3Oc3cccc(-c4ccc(OC(=O)C(F)(F)F)cc4CN(C)C)c3)CC2)cs1. The molecule has 2 aromatic heterocycles. The fourth-order valence-electron chi connectivity index (χ4n) is 5.43. The number of pyridine rings is 1. The van der Waals surface area contributed by atoms with Crippen molar-refractivity contribution in [3.63, 3.8) is 0 Å². The Balaban J connectivity index is 1.27. The molecule has 2 aromatic carbocycles. The molecular weight excluding hydrogens is 666 g/mol. The maximum Gasteiger partial charge on any atom is 0.491 e. The van der Waals surface area contributed by atoms with E-state index < -0.39 is 23.9 Å². The zero-order valence-corrected chi connectivity index (χ0v) is 27.6.